The zero-order valence-electron chi connectivity index (χ0n) is 14.8. The van der Waals surface area contributed by atoms with E-state index in [1.165, 1.54) is 12.3 Å². The molecule has 1 saturated heterocycles. The van der Waals surface area contributed by atoms with Crippen molar-refractivity contribution in [2.75, 3.05) is 5.88 Å². The van der Waals surface area contributed by atoms with E-state index in [2.05, 4.69) is 18.1 Å². The molecule has 0 radical (unpaired) electrons. The molecule has 0 aromatic carbocycles. The minimum Gasteiger partial charge on any atom is -0.384 e. The normalized spacial score (nSPS) is 41.3. The van der Waals surface area contributed by atoms with Gasteiger partial charge in [-0.15, -0.1) is 23.2 Å². The number of nitrogens with zero attached hydrogens (tertiary/aromatic N) is 2. The van der Waals surface area contributed by atoms with Gasteiger partial charge in [0.25, 0.3) is 0 Å². The molecule has 8 atom stereocenters. The average Bonchev–Trinajstić information content (AvgIpc) is 2.95. The van der Waals surface area contributed by atoms with Crippen molar-refractivity contribution in [3.8, 4) is 0 Å². The fourth-order valence-corrected chi connectivity index (χ4v) is 7.38. The third-order valence-corrected chi connectivity index (χ3v) is 9.26. The number of aliphatic hydroxyl groups is 2. The van der Waals surface area contributed by atoms with Crippen LogP contribution in [-0.4, -0.2) is 81.7 Å². The van der Waals surface area contributed by atoms with Gasteiger partial charge in [0, 0.05) is 6.20 Å². The van der Waals surface area contributed by atoms with Crippen LogP contribution in [0.4, 0.5) is 0 Å². The number of phosphoric ester groups is 1. The largest absolute Gasteiger partial charge is 0.490 e. The number of hydrogen-bond acceptors (Lipinski definition) is 12. The predicted octanol–water partition coefficient (Wildman–Crippen LogP) is -1.15. The molecule has 0 bridgehead atoms. The van der Waals surface area contributed by atoms with E-state index in [0.717, 1.165) is 4.90 Å². The molecule has 0 aromatic rings. The molecule has 0 amide bonds. The Labute approximate surface area is 183 Å². The van der Waals surface area contributed by atoms with Crippen molar-refractivity contribution < 1.29 is 61.4 Å². The van der Waals surface area contributed by atoms with Gasteiger partial charge in [0.15, 0.2) is 6.23 Å². The van der Waals surface area contributed by atoms with Crippen LogP contribution >= 0.6 is 46.7 Å². The van der Waals surface area contributed by atoms with Gasteiger partial charge in [-0.1, -0.05) is 0 Å². The highest BCUT2D eigenvalue weighted by molar-refractivity contribution is 7.66. The van der Waals surface area contributed by atoms with E-state index in [1.807, 2.05) is 0 Å². The van der Waals surface area contributed by atoms with Gasteiger partial charge in [-0.25, -0.2) is 18.7 Å². The first-order valence-electron chi connectivity index (χ1n) is 7.87. The fourth-order valence-electron chi connectivity index (χ4n) is 3.22. The minimum atomic E-state index is -5.78. The molecule has 0 aromatic heterocycles. The van der Waals surface area contributed by atoms with Gasteiger partial charge in [0.2, 0.25) is 6.35 Å². The molecule has 31 heavy (non-hydrogen) atoms. The number of nitrogens with two attached hydrogens (primary N) is 1. The van der Waals surface area contributed by atoms with Gasteiger partial charge < -0.3 is 45.2 Å². The van der Waals surface area contributed by atoms with E-state index in [9.17, 15) is 33.7 Å². The van der Waals surface area contributed by atoms with Crippen LogP contribution in [0.5, 0.6) is 0 Å². The van der Waals surface area contributed by atoms with Gasteiger partial charge in [0.1, 0.15) is 28.5 Å². The number of rotatable bonds is 8. The Hall–Kier alpha value is -0.120. The number of alkyl halides is 2. The van der Waals surface area contributed by atoms with Crippen LogP contribution in [0.2, 0.25) is 0 Å². The Morgan fingerprint density at radius 1 is 1.23 bits per heavy atom. The summed E-state index contributed by atoms with van der Waals surface area (Å²) in [5, 5.41) is 19.5. The zero-order chi connectivity index (χ0) is 23.6. The van der Waals surface area contributed by atoms with E-state index in [1.54, 1.807) is 0 Å². The fraction of sp³-hybridized carbons (Fsp3) is 0.700. The Balaban J connectivity index is 1.76. The summed E-state index contributed by atoms with van der Waals surface area (Å²) in [4.78, 5) is 40.7. The van der Waals surface area contributed by atoms with E-state index < -0.39 is 64.6 Å². The second-order valence-electron chi connectivity index (χ2n) is 6.50. The number of ether oxygens (including phenoxy) is 1. The number of fused-ring (bicyclic) bond motifs is 1. The summed E-state index contributed by atoms with van der Waals surface area (Å²) in [5.41, 5.74) is 1.26. The second-order valence-corrected chi connectivity index (χ2v) is 11.6. The van der Waals surface area contributed by atoms with Crippen molar-refractivity contribution in [3.05, 3.63) is 12.3 Å². The maximum absolute atomic E-state index is 12.1. The minimum absolute atomic E-state index is 0.00525. The first kappa shape index (κ1) is 25.5. The van der Waals surface area contributed by atoms with E-state index in [-0.39, 0.29) is 5.84 Å². The molecule has 3 rings (SSSR count). The first-order valence-corrected chi connectivity index (χ1v) is 13.4. The topological polar surface area (TPSA) is 251 Å². The molecule has 2 heterocycles. The van der Waals surface area contributed by atoms with Gasteiger partial charge in [-0.05, 0) is 6.08 Å². The summed E-state index contributed by atoms with van der Waals surface area (Å²) >= 11 is 12.1. The summed E-state index contributed by atoms with van der Waals surface area (Å²) in [5.74, 6) is -0.572. The highest BCUT2D eigenvalue weighted by Gasteiger charge is 2.89. The highest BCUT2D eigenvalue weighted by atomic mass is 35.5. The van der Waals surface area contributed by atoms with Crippen molar-refractivity contribution in [2.24, 2.45) is 10.7 Å². The highest BCUT2D eigenvalue weighted by Crippen LogP contribution is 2.72. The summed E-state index contributed by atoms with van der Waals surface area (Å²) in [7, 11) is -17.0. The molecule has 1 aliphatic carbocycles. The number of aliphatic imine (C=N–C) groups is 1. The van der Waals surface area contributed by atoms with Gasteiger partial charge in [-0.3, -0.25) is 4.52 Å². The lowest BCUT2D eigenvalue weighted by molar-refractivity contribution is -0.124. The van der Waals surface area contributed by atoms with E-state index >= 15 is 0 Å². The predicted molar refractivity (Wildman–Crippen MR) is 100 cm³/mol. The van der Waals surface area contributed by atoms with Crippen LogP contribution in [0.3, 0.4) is 0 Å². The zero-order valence-corrected chi connectivity index (χ0v) is 19.0. The third-order valence-electron chi connectivity index (χ3n) is 4.52. The summed E-state index contributed by atoms with van der Waals surface area (Å²) in [6.45, 7) is 0. The van der Waals surface area contributed by atoms with Crippen LogP contribution in [0, 0.1) is 0 Å². The van der Waals surface area contributed by atoms with Crippen molar-refractivity contribution in [1.29, 1.82) is 0 Å². The number of amidine groups is 1. The molecule has 1 saturated carbocycles. The van der Waals surface area contributed by atoms with E-state index in [0.29, 0.717) is 0 Å². The van der Waals surface area contributed by atoms with Crippen molar-refractivity contribution in [2.45, 2.75) is 35.3 Å². The smallest absolute Gasteiger partial charge is 0.384 e. The Morgan fingerprint density at radius 3 is 2.32 bits per heavy atom. The van der Waals surface area contributed by atoms with Crippen molar-refractivity contribution in [1.82, 2.24) is 4.90 Å². The van der Waals surface area contributed by atoms with Crippen molar-refractivity contribution in [3.63, 3.8) is 0 Å². The van der Waals surface area contributed by atoms with Crippen LogP contribution in [0.15, 0.2) is 17.3 Å². The molecular formula is C10H16Cl2N3O13P3. The Kier molecular flexibility index (Phi) is 6.57. The monoisotopic (exact) mass is 549 g/mol. The van der Waals surface area contributed by atoms with Gasteiger partial charge >= 0.3 is 23.5 Å². The van der Waals surface area contributed by atoms with Crippen molar-refractivity contribution >= 4 is 52.5 Å². The summed E-state index contributed by atoms with van der Waals surface area (Å²) in [6, 6.07) is 0. The number of hydrogen-bond donors (Lipinski definition) is 7. The molecule has 8 unspecified atom stereocenters. The standard InChI is InChI=1S/C10H16Cl2N3O13P3/c11-3-9-7(26-30(21,22)28-31(23,24)27-29(18,19)20)10(9,17)5(12)6(25-9)15-2-1-4(13)14-8(15)16/h1-2,5-8,16-17H,3H2,(H2,13,14)(H,21,22)(H,23,24)(H2,18,19,20). The van der Waals surface area contributed by atoms with Crippen LogP contribution in [0.25, 0.3) is 0 Å². The maximum atomic E-state index is 12.1. The molecule has 178 valence electrons. The van der Waals surface area contributed by atoms with Crippen LogP contribution < -0.4 is 5.73 Å². The molecule has 3 aliphatic rings. The lowest BCUT2D eigenvalue weighted by Gasteiger charge is -2.35. The van der Waals surface area contributed by atoms with Gasteiger partial charge in [-0.2, -0.15) is 8.62 Å². The summed E-state index contributed by atoms with van der Waals surface area (Å²) < 4.78 is 51.7. The average molecular weight is 550 g/mol. The SMILES string of the molecule is NC1=NC(O)N(C2OC3(CCl)C(OP(=O)(O)OP(=O)(O)OP(=O)(O)O)C3(O)C2Cl)C=C1. The Bertz CT molecular complexity index is 957. The molecule has 21 heteroatoms. The molecule has 8 N–H and O–H groups in total. The van der Waals surface area contributed by atoms with Gasteiger partial charge in [0.05, 0.1) is 5.88 Å². The van der Waals surface area contributed by atoms with Crippen LogP contribution in [0.1, 0.15) is 0 Å². The molecular weight excluding hydrogens is 534 g/mol. The van der Waals surface area contributed by atoms with E-state index in [4.69, 9.17) is 43.5 Å². The molecule has 2 fully saturated rings. The number of aliphatic hydroxyl groups excluding tert-OH is 1. The third kappa shape index (κ3) is 4.62. The first-order chi connectivity index (χ1) is 14.0. The quantitative estimate of drug-likeness (QED) is 0.139. The lowest BCUT2D eigenvalue weighted by atomic mass is 10.1. The second kappa shape index (κ2) is 7.98. The molecule has 2 aliphatic heterocycles. The number of phosphoric acid groups is 3. The van der Waals surface area contributed by atoms with Crippen LogP contribution in [-0.2, 0) is 31.6 Å². The Morgan fingerprint density at radius 2 is 1.84 bits per heavy atom. The number of halogens is 2. The molecule has 0 spiro atoms. The summed E-state index contributed by atoms with van der Waals surface area (Å²) in [6.07, 6.45) is -2.04. The molecule has 16 nitrogen and oxygen atoms in total. The maximum Gasteiger partial charge on any atom is 0.490 e. The lowest BCUT2D eigenvalue weighted by Crippen LogP contribution is -2.49.